The van der Waals surface area contributed by atoms with Crippen molar-refractivity contribution in [1.29, 1.82) is 0 Å². The summed E-state index contributed by atoms with van der Waals surface area (Å²) >= 11 is 6.01. The molecule has 0 spiro atoms. The Morgan fingerprint density at radius 1 is 1.27 bits per heavy atom. The van der Waals surface area contributed by atoms with Crippen LogP contribution in [0.15, 0.2) is 48.7 Å². The standard InChI is InChI=1S/C16H12ClN7O2/c17-12-3-1-2-10(6-12)16(25)23(9-15-19-21-22-20-15)13-4-5-14-11(7-13)8-18-24(14)26/h1-8,26H,9H2,(H,19,20,21,22). The Hall–Kier alpha value is -3.46. The van der Waals surface area contributed by atoms with Gasteiger partial charge in [0, 0.05) is 21.7 Å². The minimum atomic E-state index is -0.270. The van der Waals surface area contributed by atoms with Gasteiger partial charge < -0.3 is 10.1 Å². The van der Waals surface area contributed by atoms with E-state index >= 15 is 0 Å². The summed E-state index contributed by atoms with van der Waals surface area (Å²) < 4.78 is 0. The summed E-state index contributed by atoms with van der Waals surface area (Å²) in [5.74, 6) is 0.0892. The zero-order valence-electron chi connectivity index (χ0n) is 13.2. The number of carbonyl (C=O) groups is 1. The number of hydrogen-bond acceptors (Lipinski definition) is 6. The SMILES string of the molecule is O=C(c1cccc(Cl)c1)N(Cc1nn[nH]n1)c1ccc2c(cnn2O)c1. The van der Waals surface area contributed by atoms with Gasteiger partial charge in [0.15, 0.2) is 5.82 Å². The average Bonchev–Trinajstić information content (AvgIpc) is 3.29. The van der Waals surface area contributed by atoms with E-state index in [0.717, 1.165) is 4.85 Å². The Bertz CT molecular complexity index is 1080. The van der Waals surface area contributed by atoms with Crippen LogP contribution >= 0.6 is 11.6 Å². The molecule has 4 aromatic rings. The van der Waals surface area contributed by atoms with Crippen molar-refractivity contribution >= 4 is 34.1 Å². The molecule has 0 radical (unpaired) electrons. The van der Waals surface area contributed by atoms with Crippen LogP contribution in [0.1, 0.15) is 16.2 Å². The lowest BCUT2D eigenvalue weighted by Gasteiger charge is -2.21. The minimum Gasteiger partial charge on any atom is -0.411 e. The van der Waals surface area contributed by atoms with Crippen LogP contribution in [-0.2, 0) is 6.54 Å². The molecule has 0 aliphatic rings. The number of tetrazole rings is 1. The molecule has 2 heterocycles. The van der Waals surface area contributed by atoms with Gasteiger partial charge in [0.05, 0.1) is 12.7 Å². The Labute approximate surface area is 151 Å². The van der Waals surface area contributed by atoms with E-state index in [9.17, 15) is 10.0 Å². The molecular weight excluding hydrogens is 358 g/mol. The first-order valence-electron chi connectivity index (χ1n) is 7.58. The summed E-state index contributed by atoms with van der Waals surface area (Å²) in [5, 5.41) is 28.3. The van der Waals surface area contributed by atoms with E-state index in [2.05, 4.69) is 25.7 Å². The van der Waals surface area contributed by atoms with Crippen molar-refractivity contribution in [3.8, 4) is 0 Å². The molecule has 9 nitrogen and oxygen atoms in total. The smallest absolute Gasteiger partial charge is 0.258 e. The fraction of sp³-hybridized carbons (Fsp3) is 0.0625. The topological polar surface area (TPSA) is 113 Å². The van der Waals surface area contributed by atoms with E-state index < -0.39 is 0 Å². The third-order valence-electron chi connectivity index (χ3n) is 3.85. The lowest BCUT2D eigenvalue weighted by atomic mass is 10.1. The van der Waals surface area contributed by atoms with Gasteiger partial charge in [-0.3, -0.25) is 4.79 Å². The minimum absolute atomic E-state index is 0.112. The second kappa shape index (κ2) is 6.45. The van der Waals surface area contributed by atoms with Crippen LogP contribution < -0.4 is 4.90 Å². The van der Waals surface area contributed by atoms with Crippen LogP contribution in [0, 0.1) is 0 Å². The quantitative estimate of drug-likeness (QED) is 0.533. The number of carbonyl (C=O) groups excluding carboxylic acids is 1. The number of H-pyrrole nitrogens is 1. The zero-order chi connectivity index (χ0) is 18.1. The van der Waals surface area contributed by atoms with Gasteiger partial charge in [-0.25, -0.2) is 0 Å². The molecule has 0 fully saturated rings. The first kappa shape index (κ1) is 16.0. The molecule has 130 valence electrons. The highest BCUT2D eigenvalue weighted by atomic mass is 35.5. The fourth-order valence-corrected chi connectivity index (χ4v) is 2.81. The predicted molar refractivity (Wildman–Crippen MR) is 93.1 cm³/mol. The largest absolute Gasteiger partial charge is 0.411 e. The summed E-state index contributed by atoms with van der Waals surface area (Å²) in [6.07, 6.45) is 1.51. The molecule has 1 amide bonds. The number of anilines is 1. The molecule has 0 unspecified atom stereocenters. The maximum atomic E-state index is 13.1. The van der Waals surface area contributed by atoms with Crippen LogP contribution in [-0.4, -0.2) is 41.7 Å². The molecule has 10 heteroatoms. The number of halogens is 1. The molecule has 0 saturated carbocycles. The van der Waals surface area contributed by atoms with Gasteiger partial charge in [0.25, 0.3) is 5.91 Å². The van der Waals surface area contributed by atoms with E-state index in [1.165, 1.54) is 11.1 Å². The molecular formula is C16H12ClN7O2. The van der Waals surface area contributed by atoms with Crippen LogP contribution in [0.25, 0.3) is 10.9 Å². The van der Waals surface area contributed by atoms with Gasteiger partial charge in [0.1, 0.15) is 5.52 Å². The van der Waals surface area contributed by atoms with Crippen LogP contribution in [0.4, 0.5) is 5.69 Å². The number of fused-ring (bicyclic) bond motifs is 1. The van der Waals surface area contributed by atoms with Gasteiger partial charge in [0.2, 0.25) is 0 Å². The van der Waals surface area contributed by atoms with Crippen LogP contribution in [0.5, 0.6) is 0 Å². The maximum Gasteiger partial charge on any atom is 0.258 e. The first-order valence-corrected chi connectivity index (χ1v) is 7.96. The number of hydrogen-bond donors (Lipinski definition) is 2. The lowest BCUT2D eigenvalue weighted by molar-refractivity contribution is 0.0984. The highest BCUT2D eigenvalue weighted by molar-refractivity contribution is 6.31. The van der Waals surface area contributed by atoms with Crippen molar-refractivity contribution in [1.82, 2.24) is 30.6 Å². The molecule has 0 saturated heterocycles. The number of aromatic amines is 1. The summed E-state index contributed by atoms with van der Waals surface area (Å²) in [7, 11) is 0. The monoisotopic (exact) mass is 369 g/mol. The van der Waals surface area contributed by atoms with Crippen LogP contribution in [0.3, 0.4) is 0 Å². The Kier molecular flexibility index (Phi) is 3.98. The van der Waals surface area contributed by atoms with Crippen molar-refractivity contribution in [2.75, 3.05) is 4.90 Å². The third kappa shape index (κ3) is 2.95. The summed E-state index contributed by atoms with van der Waals surface area (Å²) in [4.78, 5) is 15.4. The van der Waals surface area contributed by atoms with Crippen molar-refractivity contribution in [2.45, 2.75) is 6.54 Å². The van der Waals surface area contributed by atoms with Crippen LogP contribution in [0.2, 0.25) is 5.02 Å². The average molecular weight is 370 g/mol. The molecule has 2 aromatic heterocycles. The molecule has 2 aromatic carbocycles. The third-order valence-corrected chi connectivity index (χ3v) is 4.09. The number of nitrogens with one attached hydrogen (secondary N) is 1. The Balaban J connectivity index is 1.77. The molecule has 26 heavy (non-hydrogen) atoms. The van der Waals surface area contributed by atoms with Crippen molar-refractivity contribution in [3.63, 3.8) is 0 Å². The van der Waals surface area contributed by atoms with Crippen molar-refractivity contribution in [3.05, 3.63) is 65.1 Å². The van der Waals surface area contributed by atoms with Gasteiger partial charge in [-0.1, -0.05) is 22.9 Å². The fourth-order valence-electron chi connectivity index (χ4n) is 2.62. The molecule has 0 aliphatic heterocycles. The molecule has 0 aliphatic carbocycles. The van der Waals surface area contributed by atoms with Crippen molar-refractivity contribution in [2.24, 2.45) is 0 Å². The molecule has 0 bridgehead atoms. The molecule has 0 atom stereocenters. The Morgan fingerprint density at radius 3 is 2.92 bits per heavy atom. The number of amides is 1. The second-order valence-corrected chi connectivity index (χ2v) is 5.94. The maximum absolute atomic E-state index is 13.1. The lowest BCUT2D eigenvalue weighted by Crippen LogP contribution is -2.31. The van der Waals surface area contributed by atoms with E-state index in [-0.39, 0.29) is 12.5 Å². The number of nitrogens with zero attached hydrogens (tertiary/aromatic N) is 6. The van der Waals surface area contributed by atoms with E-state index in [1.807, 2.05) is 0 Å². The molecule has 4 rings (SSSR count). The number of benzene rings is 2. The highest BCUT2D eigenvalue weighted by Crippen LogP contribution is 2.25. The summed E-state index contributed by atoms with van der Waals surface area (Å²) in [6.45, 7) is 0.112. The van der Waals surface area contributed by atoms with E-state index in [1.54, 1.807) is 42.5 Å². The normalized spacial score (nSPS) is 11.0. The highest BCUT2D eigenvalue weighted by Gasteiger charge is 2.21. The second-order valence-electron chi connectivity index (χ2n) is 5.51. The van der Waals surface area contributed by atoms with Gasteiger partial charge in [-0.2, -0.15) is 5.21 Å². The summed E-state index contributed by atoms with van der Waals surface area (Å²) in [5.41, 5.74) is 1.56. The van der Waals surface area contributed by atoms with E-state index in [4.69, 9.17) is 11.6 Å². The van der Waals surface area contributed by atoms with Crippen molar-refractivity contribution < 1.29 is 10.0 Å². The number of aromatic nitrogens is 6. The number of rotatable bonds is 4. The zero-order valence-corrected chi connectivity index (χ0v) is 14.0. The first-order chi connectivity index (χ1) is 12.6. The van der Waals surface area contributed by atoms with Gasteiger partial charge in [-0.15, -0.1) is 20.1 Å². The van der Waals surface area contributed by atoms with Gasteiger partial charge in [-0.05, 0) is 36.4 Å². The predicted octanol–water partition coefficient (Wildman–Crippen LogP) is 2.29. The molecule has 2 N–H and O–H groups in total. The van der Waals surface area contributed by atoms with Gasteiger partial charge >= 0.3 is 0 Å². The summed E-state index contributed by atoms with van der Waals surface area (Å²) in [6, 6.07) is 11.8. The van der Waals surface area contributed by atoms with E-state index in [0.29, 0.717) is 33.0 Å². The Morgan fingerprint density at radius 2 is 2.15 bits per heavy atom.